The maximum Gasteiger partial charge on any atom is 0.300 e. The van der Waals surface area contributed by atoms with E-state index in [1.807, 2.05) is 0 Å². The van der Waals surface area contributed by atoms with Crippen molar-refractivity contribution in [3.8, 4) is 11.5 Å². The van der Waals surface area contributed by atoms with Gasteiger partial charge in [-0.3, -0.25) is 14.5 Å². The van der Waals surface area contributed by atoms with Crippen LogP contribution in [0.5, 0.6) is 11.5 Å². The van der Waals surface area contributed by atoms with Crippen molar-refractivity contribution in [1.29, 1.82) is 0 Å². The molecule has 1 unspecified atom stereocenters. The molecule has 0 aliphatic carbocycles. The zero-order valence-corrected chi connectivity index (χ0v) is 18.8. The normalized spacial score (nSPS) is 18.7. The highest BCUT2D eigenvalue weighted by Gasteiger charge is 2.47. The van der Waals surface area contributed by atoms with Gasteiger partial charge in [0.15, 0.2) is 0 Å². The van der Waals surface area contributed by atoms with Crippen LogP contribution >= 0.6 is 11.6 Å². The van der Waals surface area contributed by atoms with Crippen molar-refractivity contribution in [2.45, 2.75) is 12.5 Å². The summed E-state index contributed by atoms with van der Waals surface area (Å²) in [4.78, 5) is 27.6. The number of ketones is 1. The summed E-state index contributed by atoms with van der Waals surface area (Å²) in [6.07, 6.45) is 0.681. The fraction of sp³-hybridized carbons (Fsp3) is 0.154. The zero-order valence-electron chi connectivity index (χ0n) is 18.0. The minimum Gasteiger partial charge on any atom is -0.507 e. The third-order valence-electron chi connectivity index (χ3n) is 6.02. The molecular formula is C26H19ClFNO5. The molecule has 5 rings (SSSR count). The summed E-state index contributed by atoms with van der Waals surface area (Å²) in [6, 6.07) is 14.8. The Kier molecular flexibility index (Phi) is 5.49. The molecule has 0 radical (unpaired) electrons. The van der Waals surface area contributed by atoms with Crippen molar-refractivity contribution in [2.24, 2.45) is 0 Å². The Morgan fingerprint density at radius 1 is 1.12 bits per heavy atom. The zero-order chi connectivity index (χ0) is 24.0. The number of aliphatic hydroxyl groups excluding tert-OH is 1. The molecule has 34 heavy (non-hydrogen) atoms. The molecule has 1 saturated heterocycles. The van der Waals surface area contributed by atoms with Crippen molar-refractivity contribution in [3.05, 3.63) is 93.8 Å². The molecule has 3 aromatic rings. The molecule has 0 spiro atoms. The Bertz CT molecular complexity index is 1350. The Hall–Kier alpha value is -3.84. The lowest BCUT2D eigenvalue weighted by atomic mass is 9.94. The lowest BCUT2D eigenvalue weighted by Gasteiger charge is -2.25. The van der Waals surface area contributed by atoms with Gasteiger partial charge in [-0.05, 0) is 59.7 Å². The lowest BCUT2D eigenvalue weighted by Crippen LogP contribution is -2.29. The highest BCUT2D eigenvalue weighted by molar-refractivity contribution is 6.51. The largest absolute Gasteiger partial charge is 0.507 e. The molecule has 2 heterocycles. The van der Waals surface area contributed by atoms with E-state index in [0.717, 1.165) is 17.4 Å². The second-order valence-electron chi connectivity index (χ2n) is 7.96. The molecular weight excluding hydrogens is 461 g/mol. The molecule has 1 atom stereocenters. The standard InChI is InChI=1S/C26H19ClFNO5/c1-33-18-6-2-14(3-7-18)23-22(24(30)16-4-9-21-15(12-16)10-11-34-21)25(31)26(32)29(23)17-5-8-20(28)19(27)13-17/h2-9,12-13,23,30H,10-11H2,1H3/b24-22-. The van der Waals surface area contributed by atoms with Crippen molar-refractivity contribution in [1.82, 2.24) is 0 Å². The van der Waals surface area contributed by atoms with Crippen LogP contribution in [0.15, 0.2) is 66.2 Å². The number of Topliss-reactive ketones (excluding diaryl/α,β-unsaturated/α-hetero) is 1. The first kappa shape index (κ1) is 22.0. The van der Waals surface area contributed by atoms with E-state index in [-0.39, 0.29) is 22.0 Å². The molecule has 0 saturated carbocycles. The van der Waals surface area contributed by atoms with E-state index in [4.69, 9.17) is 21.1 Å². The van der Waals surface area contributed by atoms with Gasteiger partial charge in [-0.1, -0.05) is 23.7 Å². The van der Waals surface area contributed by atoms with Crippen LogP contribution in [0, 0.1) is 5.82 Å². The Labute approximate surface area is 199 Å². The van der Waals surface area contributed by atoms with Crippen LogP contribution in [0.1, 0.15) is 22.7 Å². The molecule has 1 amide bonds. The average molecular weight is 480 g/mol. The molecule has 0 bridgehead atoms. The summed E-state index contributed by atoms with van der Waals surface area (Å²) in [5.41, 5.74) is 2.03. The number of nitrogens with zero attached hydrogens (tertiary/aromatic N) is 1. The maximum atomic E-state index is 13.8. The predicted molar refractivity (Wildman–Crippen MR) is 125 cm³/mol. The van der Waals surface area contributed by atoms with Crippen molar-refractivity contribution in [2.75, 3.05) is 18.6 Å². The van der Waals surface area contributed by atoms with Gasteiger partial charge in [0.1, 0.15) is 23.1 Å². The molecule has 8 heteroatoms. The number of ether oxygens (including phenoxy) is 2. The molecule has 6 nitrogen and oxygen atoms in total. The summed E-state index contributed by atoms with van der Waals surface area (Å²) in [6.45, 7) is 0.543. The number of fused-ring (bicyclic) bond motifs is 1. The Morgan fingerprint density at radius 3 is 2.59 bits per heavy atom. The summed E-state index contributed by atoms with van der Waals surface area (Å²) in [5, 5.41) is 11.1. The smallest absolute Gasteiger partial charge is 0.300 e. The molecule has 3 aromatic carbocycles. The van der Waals surface area contributed by atoms with E-state index in [1.165, 1.54) is 24.1 Å². The van der Waals surface area contributed by atoms with Crippen LogP contribution in [0.2, 0.25) is 5.02 Å². The molecule has 1 N–H and O–H groups in total. The number of hydrogen-bond acceptors (Lipinski definition) is 5. The van der Waals surface area contributed by atoms with Crippen LogP contribution in [0.3, 0.4) is 0 Å². The van der Waals surface area contributed by atoms with Crippen molar-refractivity contribution >= 4 is 34.7 Å². The highest BCUT2D eigenvalue weighted by Crippen LogP contribution is 2.43. The molecule has 2 aliphatic rings. The van der Waals surface area contributed by atoms with E-state index < -0.39 is 23.5 Å². The monoisotopic (exact) mass is 479 g/mol. The SMILES string of the molecule is COc1ccc(C2/C(=C(/O)c3ccc4c(c3)CCO4)C(=O)C(=O)N2c2ccc(F)c(Cl)c2)cc1. The van der Waals surface area contributed by atoms with Crippen LogP contribution in [-0.4, -0.2) is 30.5 Å². The van der Waals surface area contributed by atoms with E-state index in [2.05, 4.69) is 0 Å². The number of methoxy groups -OCH3 is 1. The molecule has 172 valence electrons. The number of carbonyl (C=O) groups excluding carboxylic acids is 2. The fourth-order valence-electron chi connectivity index (χ4n) is 4.32. The Balaban J connectivity index is 1.70. The number of benzene rings is 3. The Morgan fingerprint density at radius 2 is 1.88 bits per heavy atom. The molecule has 1 fully saturated rings. The predicted octanol–water partition coefficient (Wildman–Crippen LogP) is 5.05. The van der Waals surface area contributed by atoms with Gasteiger partial charge in [-0.15, -0.1) is 0 Å². The van der Waals surface area contributed by atoms with Gasteiger partial charge >= 0.3 is 0 Å². The fourth-order valence-corrected chi connectivity index (χ4v) is 4.50. The van der Waals surface area contributed by atoms with Gasteiger partial charge in [0, 0.05) is 17.7 Å². The maximum absolute atomic E-state index is 13.8. The third-order valence-corrected chi connectivity index (χ3v) is 6.31. The number of carbonyl (C=O) groups is 2. The van der Waals surface area contributed by atoms with Gasteiger partial charge in [0.25, 0.3) is 11.7 Å². The minimum absolute atomic E-state index is 0.0746. The highest BCUT2D eigenvalue weighted by atomic mass is 35.5. The summed E-state index contributed by atoms with van der Waals surface area (Å²) in [7, 11) is 1.53. The first-order valence-electron chi connectivity index (χ1n) is 10.5. The number of hydrogen-bond donors (Lipinski definition) is 1. The van der Waals surface area contributed by atoms with Gasteiger partial charge in [0.05, 0.1) is 30.4 Å². The quantitative estimate of drug-likeness (QED) is 0.322. The van der Waals surface area contributed by atoms with E-state index in [9.17, 15) is 19.1 Å². The van der Waals surface area contributed by atoms with Crippen LogP contribution in [0.25, 0.3) is 5.76 Å². The number of aliphatic hydroxyl groups is 1. The van der Waals surface area contributed by atoms with E-state index >= 15 is 0 Å². The second kappa shape index (κ2) is 8.50. The molecule has 2 aliphatic heterocycles. The van der Waals surface area contributed by atoms with Crippen molar-refractivity contribution in [3.63, 3.8) is 0 Å². The van der Waals surface area contributed by atoms with E-state index in [1.54, 1.807) is 42.5 Å². The van der Waals surface area contributed by atoms with E-state index in [0.29, 0.717) is 29.9 Å². The minimum atomic E-state index is -0.961. The number of halogens is 2. The van der Waals surface area contributed by atoms with Crippen LogP contribution < -0.4 is 14.4 Å². The van der Waals surface area contributed by atoms with Crippen LogP contribution in [0.4, 0.5) is 10.1 Å². The first-order chi connectivity index (χ1) is 16.4. The summed E-state index contributed by atoms with van der Waals surface area (Å²) in [5.74, 6) is -1.34. The van der Waals surface area contributed by atoms with Gasteiger partial charge in [-0.25, -0.2) is 4.39 Å². The number of amides is 1. The first-order valence-corrected chi connectivity index (χ1v) is 10.9. The van der Waals surface area contributed by atoms with Crippen LogP contribution in [-0.2, 0) is 16.0 Å². The lowest BCUT2D eigenvalue weighted by molar-refractivity contribution is -0.132. The summed E-state index contributed by atoms with van der Waals surface area (Å²) < 4.78 is 24.6. The summed E-state index contributed by atoms with van der Waals surface area (Å²) >= 11 is 5.97. The van der Waals surface area contributed by atoms with Gasteiger partial charge in [0.2, 0.25) is 0 Å². The average Bonchev–Trinajstić information content (AvgIpc) is 3.42. The van der Waals surface area contributed by atoms with Gasteiger partial charge in [-0.2, -0.15) is 0 Å². The van der Waals surface area contributed by atoms with Crippen molar-refractivity contribution < 1.29 is 28.6 Å². The third kappa shape index (κ3) is 3.58. The molecule has 0 aromatic heterocycles. The number of rotatable bonds is 4. The second-order valence-corrected chi connectivity index (χ2v) is 8.37. The topological polar surface area (TPSA) is 76.1 Å². The number of anilines is 1. The van der Waals surface area contributed by atoms with Gasteiger partial charge < -0.3 is 14.6 Å².